The minimum absolute atomic E-state index is 0.0379. The first kappa shape index (κ1) is 20.7. The van der Waals surface area contributed by atoms with Gasteiger partial charge in [-0.3, -0.25) is 14.5 Å². The number of nitriles is 1. The lowest BCUT2D eigenvalue weighted by molar-refractivity contribution is -0.124. The van der Waals surface area contributed by atoms with Crippen LogP contribution in [0.2, 0.25) is 0 Å². The maximum absolute atomic E-state index is 12.5. The number of hydrogen-bond acceptors (Lipinski definition) is 4. The van der Waals surface area contributed by atoms with Gasteiger partial charge in [0.25, 0.3) is 0 Å². The summed E-state index contributed by atoms with van der Waals surface area (Å²) in [4.78, 5) is 26.3. The molecule has 0 aromatic carbocycles. The highest BCUT2D eigenvalue weighted by atomic mass is 16.2. The van der Waals surface area contributed by atoms with E-state index in [1.165, 1.54) is 0 Å². The number of likely N-dealkylation sites (tertiary alicyclic amines) is 1. The molecule has 1 atom stereocenters. The van der Waals surface area contributed by atoms with Crippen molar-refractivity contribution < 1.29 is 9.59 Å². The third-order valence-electron chi connectivity index (χ3n) is 5.59. The molecule has 0 aromatic heterocycles. The van der Waals surface area contributed by atoms with Crippen molar-refractivity contribution >= 4 is 11.8 Å². The van der Waals surface area contributed by atoms with Gasteiger partial charge in [0.05, 0.1) is 12.6 Å². The highest BCUT2D eigenvalue weighted by Crippen LogP contribution is 2.26. The largest absolute Gasteiger partial charge is 0.356 e. The fourth-order valence-corrected chi connectivity index (χ4v) is 4.14. The Morgan fingerprint density at radius 1 is 1.15 bits per heavy atom. The minimum Gasteiger partial charge on any atom is -0.356 e. The van der Waals surface area contributed by atoms with Crippen LogP contribution in [0, 0.1) is 17.2 Å². The Bertz CT molecular complexity index is 506. The zero-order valence-corrected chi connectivity index (χ0v) is 16.2. The van der Waals surface area contributed by atoms with Crippen LogP contribution >= 0.6 is 0 Å². The van der Waals surface area contributed by atoms with E-state index in [4.69, 9.17) is 0 Å². The van der Waals surface area contributed by atoms with Gasteiger partial charge in [-0.1, -0.05) is 32.6 Å². The first-order valence-corrected chi connectivity index (χ1v) is 10.3. The van der Waals surface area contributed by atoms with Gasteiger partial charge in [-0.2, -0.15) is 5.26 Å². The standard InChI is InChI=1S/C20H34N4O2/c1-2-8-18(25)22-13-17-9-7-12-24(14-17)15-19(26)23-20(16-21)10-5-3-4-6-11-20/h17H,2-15H2,1H3,(H,22,25)(H,23,26). The number of rotatable bonds is 7. The van der Waals surface area contributed by atoms with Crippen molar-refractivity contribution in [3.05, 3.63) is 0 Å². The van der Waals surface area contributed by atoms with Gasteiger partial charge in [0.1, 0.15) is 5.54 Å². The SMILES string of the molecule is CCCC(=O)NCC1CCCN(CC(=O)NC2(C#N)CCCCCC2)C1. The number of piperidine rings is 1. The molecular formula is C20H34N4O2. The summed E-state index contributed by atoms with van der Waals surface area (Å²) in [7, 11) is 0. The summed E-state index contributed by atoms with van der Waals surface area (Å²) in [5.74, 6) is 0.482. The molecule has 0 aromatic rings. The zero-order valence-electron chi connectivity index (χ0n) is 16.2. The molecule has 1 saturated heterocycles. The van der Waals surface area contributed by atoms with E-state index in [-0.39, 0.29) is 11.8 Å². The van der Waals surface area contributed by atoms with E-state index in [0.29, 0.717) is 25.4 Å². The summed E-state index contributed by atoms with van der Waals surface area (Å²) >= 11 is 0. The van der Waals surface area contributed by atoms with Crippen molar-refractivity contribution in [1.82, 2.24) is 15.5 Å². The molecule has 6 nitrogen and oxygen atoms in total. The molecule has 2 rings (SSSR count). The number of carbonyl (C=O) groups excluding carboxylic acids is 2. The molecule has 1 saturated carbocycles. The number of nitrogens with one attached hydrogen (secondary N) is 2. The maximum atomic E-state index is 12.5. The third kappa shape index (κ3) is 6.60. The van der Waals surface area contributed by atoms with Crippen LogP contribution in [0.5, 0.6) is 0 Å². The summed E-state index contributed by atoms with van der Waals surface area (Å²) in [6.07, 6.45) is 9.43. The molecule has 1 unspecified atom stereocenters. The predicted octanol–water partition coefficient (Wildman–Crippen LogP) is 2.35. The predicted molar refractivity (Wildman–Crippen MR) is 101 cm³/mol. The molecular weight excluding hydrogens is 328 g/mol. The number of nitrogens with zero attached hydrogens (tertiary/aromatic N) is 2. The first-order chi connectivity index (χ1) is 12.6. The van der Waals surface area contributed by atoms with Crippen molar-refractivity contribution in [2.24, 2.45) is 5.92 Å². The fraction of sp³-hybridized carbons (Fsp3) is 0.850. The van der Waals surface area contributed by atoms with Crippen LogP contribution in [0.3, 0.4) is 0 Å². The Hall–Kier alpha value is -1.61. The van der Waals surface area contributed by atoms with Crippen molar-refractivity contribution in [3.63, 3.8) is 0 Å². The van der Waals surface area contributed by atoms with Crippen LogP contribution < -0.4 is 10.6 Å². The number of amides is 2. The average Bonchev–Trinajstić information content (AvgIpc) is 2.86. The lowest BCUT2D eigenvalue weighted by Gasteiger charge is -2.33. The molecule has 146 valence electrons. The second kappa shape index (κ2) is 10.5. The first-order valence-electron chi connectivity index (χ1n) is 10.3. The molecule has 0 radical (unpaired) electrons. The van der Waals surface area contributed by atoms with E-state index in [0.717, 1.165) is 70.9 Å². The van der Waals surface area contributed by atoms with Crippen molar-refractivity contribution in [2.75, 3.05) is 26.2 Å². The van der Waals surface area contributed by atoms with Crippen molar-refractivity contribution in [3.8, 4) is 6.07 Å². The van der Waals surface area contributed by atoms with Gasteiger partial charge >= 0.3 is 0 Å². The average molecular weight is 363 g/mol. The van der Waals surface area contributed by atoms with Gasteiger partial charge in [0, 0.05) is 19.5 Å². The highest BCUT2D eigenvalue weighted by Gasteiger charge is 2.33. The maximum Gasteiger partial charge on any atom is 0.235 e. The van der Waals surface area contributed by atoms with Gasteiger partial charge in [0.2, 0.25) is 11.8 Å². The monoisotopic (exact) mass is 362 g/mol. The molecule has 26 heavy (non-hydrogen) atoms. The fourth-order valence-electron chi connectivity index (χ4n) is 4.14. The Labute approximate surface area is 157 Å². The van der Waals surface area contributed by atoms with Crippen LogP contribution in [0.25, 0.3) is 0 Å². The summed E-state index contributed by atoms with van der Waals surface area (Å²) < 4.78 is 0. The van der Waals surface area contributed by atoms with E-state index in [2.05, 4.69) is 21.6 Å². The van der Waals surface area contributed by atoms with Gasteiger partial charge in [-0.15, -0.1) is 0 Å². The molecule has 6 heteroatoms. The smallest absolute Gasteiger partial charge is 0.235 e. The van der Waals surface area contributed by atoms with Crippen LogP contribution in [-0.4, -0.2) is 48.4 Å². The molecule has 2 amide bonds. The van der Waals surface area contributed by atoms with Crippen molar-refractivity contribution in [1.29, 1.82) is 5.26 Å². The van der Waals surface area contributed by atoms with Gasteiger partial charge in [-0.05, 0) is 44.6 Å². The molecule has 2 fully saturated rings. The van der Waals surface area contributed by atoms with Gasteiger partial charge in [-0.25, -0.2) is 0 Å². The topological polar surface area (TPSA) is 85.2 Å². The molecule has 0 spiro atoms. The summed E-state index contributed by atoms with van der Waals surface area (Å²) in [5, 5.41) is 15.7. The second-order valence-corrected chi connectivity index (χ2v) is 7.95. The van der Waals surface area contributed by atoms with Gasteiger partial charge < -0.3 is 10.6 Å². The molecule has 2 aliphatic rings. The summed E-state index contributed by atoms with van der Waals surface area (Å²) in [6.45, 7) is 4.79. The quantitative estimate of drug-likeness (QED) is 0.681. The van der Waals surface area contributed by atoms with E-state index < -0.39 is 5.54 Å². The summed E-state index contributed by atoms with van der Waals surface area (Å²) in [5.41, 5.74) is -0.670. The number of hydrogen-bond donors (Lipinski definition) is 2. The summed E-state index contributed by atoms with van der Waals surface area (Å²) in [6, 6.07) is 2.38. The second-order valence-electron chi connectivity index (χ2n) is 7.95. The van der Waals surface area contributed by atoms with Crippen LogP contribution in [0.1, 0.15) is 71.1 Å². The van der Waals surface area contributed by atoms with E-state index in [1.807, 2.05) is 6.92 Å². The molecule has 1 aliphatic carbocycles. The molecule has 2 N–H and O–H groups in total. The molecule has 0 bridgehead atoms. The van der Waals surface area contributed by atoms with E-state index in [1.54, 1.807) is 0 Å². The highest BCUT2D eigenvalue weighted by molar-refractivity contribution is 5.79. The van der Waals surface area contributed by atoms with Crippen LogP contribution in [0.15, 0.2) is 0 Å². The van der Waals surface area contributed by atoms with Crippen LogP contribution in [0.4, 0.5) is 0 Å². The Morgan fingerprint density at radius 3 is 2.54 bits per heavy atom. The molecule has 1 aliphatic heterocycles. The number of carbonyl (C=O) groups is 2. The Morgan fingerprint density at radius 2 is 1.88 bits per heavy atom. The molecule has 1 heterocycles. The third-order valence-corrected chi connectivity index (χ3v) is 5.59. The van der Waals surface area contributed by atoms with Gasteiger partial charge in [0.15, 0.2) is 0 Å². The Balaban J connectivity index is 1.78. The van der Waals surface area contributed by atoms with E-state index >= 15 is 0 Å². The lowest BCUT2D eigenvalue weighted by atomic mass is 9.91. The van der Waals surface area contributed by atoms with E-state index in [9.17, 15) is 14.9 Å². The minimum atomic E-state index is -0.670. The Kier molecular flexibility index (Phi) is 8.37. The van der Waals surface area contributed by atoms with Crippen molar-refractivity contribution in [2.45, 2.75) is 76.7 Å². The zero-order chi connectivity index (χ0) is 18.8. The lowest BCUT2D eigenvalue weighted by Crippen LogP contribution is -2.52. The normalized spacial score (nSPS) is 23.5. The van der Waals surface area contributed by atoms with Crippen LogP contribution in [-0.2, 0) is 9.59 Å².